The number of nitrogens with two attached hydrogens (primary N) is 3. The van der Waals surface area contributed by atoms with Gasteiger partial charge < -0.3 is 22.1 Å². The predicted molar refractivity (Wildman–Crippen MR) is 105 cm³/mol. The third-order valence-corrected chi connectivity index (χ3v) is 5.61. The molecule has 0 atom stereocenters. The van der Waals surface area contributed by atoms with Crippen LogP contribution in [0.4, 0.5) is 20.5 Å². The van der Waals surface area contributed by atoms with E-state index in [0.29, 0.717) is 5.56 Å². The topological polar surface area (TPSA) is 124 Å². The van der Waals surface area contributed by atoms with Crippen LogP contribution in [0.5, 0.6) is 0 Å². The largest absolute Gasteiger partial charge is 0.383 e. The third kappa shape index (κ3) is 3.69. The lowest BCUT2D eigenvalue weighted by Gasteiger charge is -2.38. The van der Waals surface area contributed by atoms with E-state index in [1.54, 1.807) is 23.1 Å². The molecule has 1 aromatic carbocycles. The molecule has 1 aliphatic heterocycles. The standard InChI is InChI=1S/C17H18Cl2F2N6O/c18-9-3-1-2-8(11(9)19)10-12(14(23)28)25-16(26-13(10)22)27-6-4-17(24,5-7-27)15(20)21/h1-3,15H,4-7,24H2,(H2,23,28)(H2,22,25,26). The fourth-order valence-electron chi connectivity index (χ4n) is 3.09. The van der Waals surface area contributed by atoms with Crippen molar-refractivity contribution in [2.24, 2.45) is 11.5 Å². The second-order valence-electron chi connectivity index (χ2n) is 6.62. The molecule has 1 aliphatic rings. The van der Waals surface area contributed by atoms with E-state index in [4.69, 9.17) is 40.4 Å². The van der Waals surface area contributed by atoms with Crippen LogP contribution in [-0.2, 0) is 0 Å². The van der Waals surface area contributed by atoms with E-state index in [-0.39, 0.29) is 59.0 Å². The van der Waals surface area contributed by atoms with Crippen LogP contribution in [0.2, 0.25) is 10.0 Å². The first-order valence-electron chi connectivity index (χ1n) is 8.37. The van der Waals surface area contributed by atoms with Crippen molar-refractivity contribution in [2.75, 3.05) is 23.7 Å². The lowest BCUT2D eigenvalue weighted by molar-refractivity contribution is 0.0390. The molecule has 0 spiro atoms. The Labute approximate surface area is 169 Å². The van der Waals surface area contributed by atoms with Crippen molar-refractivity contribution in [1.82, 2.24) is 9.97 Å². The van der Waals surface area contributed by atoms with Gasteiger partial charge in [-0.1, -0.05) is 35.3 Å². The van der Waals surface area contributed by atoms with Crippen LogP contribution in [0, 0.1) is 0 Å². The van der Waals surface area contributed by atoms with Gasteiger partial charge in [-0.15, -0.1) is 0 Å². The van der Waals surface area contributed by atoms with Crippen LogP contribution in [-0.4, -0.2) is 40.9 Å². The summed E-state index contributed by atoms with van der Waals surface area (Å²) in [6.07, 6.45) is -2.54. The van der Waals surface area contributed by atoms with Gasteiger partial charge in [0.1, 0.15) is 11.5 Å². The smallest absolute Gasteiger partial charge is 0.268 e. The van der Waals surface area contributed by atoms with Gasteiger partial charge in [0.05, 0.1) is 21.1 Å². The second kappa shape index (κ2) is 7.65. The predicted octanol–water partition coefficient (Wildman–Crippen LogP) is 2.69. The number of benzene rings is 1. The highest BCUT2D eigenvalue weighted by molar-refractivity contribution is 6.44. The first kappa shape index (κ1) is 20.5. The number of nitrogens with zero attached hydrogens (tertiary/aromatic N) is 3. The molecule has 1 aromatic heterocycles. The molecule has 0 aliphatic carbocycles. The minimum atomic E-state index is -2.63. The number of primary amides is 1. The molecule has 150 valence electrons. The van der Waals surface area contributed by atoms with Gasteiger partial charge in [0.2, 0.25) is 5.95 Å². The van der Waals surface area contributed by atoms with Crippen LogP contribution < -0.4 is 22.1 Å². The fraction of sp³-hybridized carbons (Fsp3) is 0.353. The average molecular weight is 431 g/mol. The Bertz CT molecular complexity index is 919. The molecule has 2 aromatic rings. The number of carbonyl (C=O) groups excluding carboxylic acids is 1. The summed E-state index contributed by atoms with van der Waals surface area (Å²) in [5.41, 5.74) is 16.2. The maximum Gasteiger partial charge on any atom is 0.268 e. The van der Waals surface area contributed by atoms with Crippen LogP contribution in [0.25, 0.3) is 11.1 Å². The number of anilines is 2. The summed E-state index contributed by atoms with van der Waals surface area (Å²) in [5, 5.41) is 0.443. The average Bonchev–Trinajstić information content (AvgIpc) is 2.64. The first-order valence-corrected chi connectivity index (χ1v) is 9.13. The number of carbonyl (C=O) groups is 1. The summed E-state index contributed by atoms with van der Waals surface area (Å²) in [6.45, 7) is 0.380. The minimum Gasteiger partial charge on any atom is -0.383 e. The molecule has 1 saturated heterocycles. The highest BCUT2D eigenvalue weighted by atomic mass is 35.5. The van der Waals surface area contributed by atoms with Crippen molar-refractivity contribution in [3.63, 3.8) is 0 Å². The van der Waals surface area contributed by atoms with Crippen molar-refractivity contribution < 1.29 is 13.6 Å². The highest BCUT2D eigenvalue weighted by Gasteiger charge is 2.39. The van der Waals surface area contributed by atoms with Crippen LogP contribution in [0.3, 0.4) is 0 Å². The molecule has 28 heavy (non-hydrogen) atoms. The van der Waals surface area contributed by atoms with Gasteiger partial charge in [0.25, 0.3) is 12.3 Å². The number of hydrogen-bond donors (Lipinski definition) is 3. The molecular formula is C17H18Cl2F2N6O. The van der Waals surface area contributed by atoms with E-state index in [1.807, 2.05) is 0 Å². The monoisotopic (exact) mass is 430 g/mol. The molecule has 1 amide bonds. The van der Waals surface area contributed by atoms with Crippen molar-refractivity contribution in [3.05, 3.63) is 33.9 Å². The van der Waals surface area contributed by atoms with Crippen molar-refractivity contribution in [1.29, 1.82) is 0 Å². The summed E-state index contributed by atoms with van der Waals surface area (Å²) >= 11 is 12.3. The summed E-state index contributed by atoms with van der Waals surface area (Å²) in [5.74, 6) is -0.745. The van der Waals surface area contributed by atoms with Gasteiger partial charge in [-0.2, -0.15) is 4.98 Å². The first-order chi connectivity index (χ1) is 13.1. The normalized spacial score (nSPS) is 16.4. The van der Waals surface area contributed by atoms with Crippen molar-refractivity contribution >= 4 is 40.9 Å². The van der Waals surface area contributed by atoms with Gasteiger partial charge >= 0.3 is 0 Å². The van der Waals surface area contributed by atoms with Crippen molar-refractivity contribution in [3.8, 4) is 11.1 Å². The van der Waals surface area contributed by atoms with E-state index in [0.717, 1.165) is 0 Å². The highest BCUT2D eigenvalue weighted by Crippen LogP contribution is 2.38. The van der Waals surface area contributed by atoms with Crippen LogP contribution in [0.15, 0.2) is 18.2 Å². The molecule has 0 radical (unpaired) electrons. The quantitative estimate of drug-likeness (QED) is 0.684. The number of nitrogen functional groups attached to an aromatic ring is 1. The number of piperidine rings is 1. The van der Waals surface area contributed by atoms with Crippen molar-refractivity contribution in [2.45, 2.75) is 24.8 Å². The third-order valence-electron chi connectivity index (χ3n) is 4.79. The van der Waals surface area contributed by atoms with Crippen LogP contribution >= 0.6 is 23.2 Å². The Hall–Kier alpha value is -2.23. The minimum absolute atomic E-state index is 0.0265. The lowest BCUT2D eigenvalue weighted by Crippen LogP contribution is -2.55. The Morgan fingerprint density at radius 3 is 2.43 bits per heavy atom. The van der Waals surface area contributed by atoms with Gasteiger partial charge in [0.15, 0.2) is 0 Å². The second-order valence-corrected chi connectivity index (χ2v) is 7.40. The SMILES string of the molecule is NC(=O)c1nc(N2CCC(N)(C(F)F)CC2)nc(N)c1-c1cccc(Cl)c1Cl. The molecule has 0 unspecified atom stereocenters. The van der Waals surface area contributed by atoms with E-state index < -0.39 is 17.9 Å². The molecular weight excluding hydrogens is 413 g/mol. The zero-order valence-electron chi connectivity index (χ0n) is 14.6. The maximum atomic E-state index is 13.1. The fourth-order valence-corrected chi connectivity index (χ4v) is 3.48. The van der Waals surface area contributed by atoms with E-state index in [9.17, 15) is 13.6 Å². The molecule has 0 saturated carbocycles. The Morgan fingerprint density at radius 2 is 1.86 bits per heavy atom. The van der Waals surface area contributed by atoms with Gasteiger partial charge in [-0.05, 0) is 18.9 Å². The molecule has 6 N–H and O–H groups in total. The molecule has 1 fully saturated rings. The Kier molecular flexibility index (Phi) is 5.60. The summed E-state index contributed by atoms with van der Waals surface area (Å²) in [6, 6.07) is 4.83. The maximum absolute atomic E-state index is 13.1. The Balaban J connectivity index is 2.01. The summed E-state index contributed by atoms with van der Waals surface area (Å²) in [7, 11) is 0. The molecule has 11 heteroatoms. The number of halogens is 4. The summed E-state index contributed by atoms with van der Waals surface area (Å²) < 4.78 is 26.2. The lowest BCUT2D eigenvalue weighted by atomic mass is 9.89. The van der Waals surface area contributed by atoms with Gasteiger partial charge in [-0.3, -0.25) is 4.79 Å². The van der Waals surface area contributed by atoms with E-state index in [1.165, 1.54) is 0 Å². The number of hydrogen-bond acceptors (Lipinski definition) is 6. The number of amides is 1. The zero-order chi connectivity index (χ0) is 20.6. The summed E-state index contributed by atoms with van der Waals surface area (Å²) in [4.78, 5) is 22.1. The van der Waals surface area contributed by atoms with Crippen LogP contribution in [0.1, 0.15) is 23.3 Å². The van der Waals surface area contributed by atoms with Gasteiger partial charge in [-0.25, -0.2) is 13.8 Å². The molecule has 0 bridgehead atoms. The van der Waals surface area contributed by atoms with E-state index in [2.05, 4.69) is 9.97 Å². The zero-order valence-corrected chi connectivity index (χ0v) is 16.1. The number of aromatic nitrogens is 2. The van der Waals surface area contributed by atoms with E-state index >= 15 is 0 Å². The molecule has 3 rings (SSSR count). The molecule has 2 heterocycles. The number of alkyl halides is 2. The molecule has 7 nitrogen and oxygen atoms in total. The van der Waals surface area contributed by atoms with Gasteiger partial charge in [0, 0.05) is 18.7 Å². The number of rotatable bonds is 4. The Morgan fingerprint density at radius 1 is 1.21 bits per heavy atom.